The van der Waals surface area contributed by atoms with Gasteiger partial charge in [-0.15, -0.1) is 0 Å². The lowest BCUT2D eigenvalue weighted by Gasteiger charge is -2.35. The molecule has 1 atom stereocenters. The Bertz CT molecular complexity index is 967. The Morgan fingerprint density at radius 3 is 2.16 bits per heavy atom. The molecule has 3 amide bonds. The second kappa shape index (κ2) is 9.07. The second-order valence-corrected chi connectivity index (χ2v) is 7.71. The van der Waals surface area contributed by atoms with E-state index in [0.717, 1.165) is 0 Å². The predicted molar refractivity (Wildman–Crippen MR) is 115 cm³/mol. The summed E-state index contributed by atoms with van der Waals surface area (Å²) in [5.41, 5.74) is 1.35. The monoisotopic (exact) mass is 423 g/mol. The summed E-state index contributed by atoms with van der Waals surface area (Å²) in [6, 6.07) is 14.3. The molecule has 0 unspecified atom stereocenters. The lowest BCUT2D eigenvalue weighted by molar-refractivity contribution is -0.143. The number of anilines is 2. The fourth-order valence-electron chi connectivity index (χ4n) is 3.79. The first-order valence-corrected chi connectivity index (χ1v) is 10.4. The maximum Gasteiger partial charge on any atom is 0.267 e. The number of benzene rings is 2. The number of hydrogen-bond donors (Lipinski definition) is 2. The summed E-state index contributed by atoms with van der Waals surface area (Å²) < 4.78 is 11.5. The Kier molecular flexibility index (Phi) is 6.06. The molecule has 4 rings (SSSR count). The van der Waals surface area contributed by atoms with Gasteiger partial charge in [-0.25, -0.2) is 0 Å². The van der Waals surface area contributed by atoms with Crippen LogP contribution >= 0.6 is 0 Å². The molecule has 0 aliphatic carbocycles. The summed E-state index contributed by atoms with van der Waals surface area (Å²) in [5.74, 6) is 0.737. The Morgan fingerprint density at radius 1 is 0.903 bits per heavy atom. The largest absolute Gasteiger partial charge is 0.485 e. The number of nitrogens with one attached hydrogen (secondary N) is 2. The third-order valence-corrected chi connectivity index (χ3v) is 5.43. The van der Waals surface area contributed by atoms with Crippen LogP contribution in [0.15, 0.2) is 48.5 Å². The van der Waals surface area contributed by atoms with Gasteiger partial charge in [0.15, 0.2) is 11.5 Å². The first kappa shape index (κ1) is 20.7. The lowest BCUT2D eigenvalue weighted by Crippen LogP contribution is -2.49. The average Bonchev–Trinajstić information content (AvgIpc) is 2.79. The number of hydrogen-bond acceptors (Lipinski definition) is 5. The quantitative estimate of drug-likeness (QED) is 0.788. The van der Waals surface area contributed by atoms with Crippen LogP contribution in [0.2, 0.25) is 0 Å². The van der Waals surface area contributed by atoms with Gasteiger partial charge in [-0.3, -0.25) is 14.4 Å². The predicted octanol–water partition coefficient (Wildman–Crippen LogP) is 2.66. The molecule has 1 saturated heterocycles. The van der Waals surface area contributed by atoms with E-state index in [-0.39, 0.29) is 30.2 Å². The zero-order chi connectivity index (χ0) is 21.8. The molecule has 2 aliphatic rings. The zero-order valence-electron chi connectivity index (χ0n) is 17.3. The second-order valence-electron chi connectivity index (χ2n) is 7.71. The molecule has 0 aromatic heterocycles. The highest BCUT2D eigenvalue weighted by molar-refractivity contribution is 5.93. The van der Waals surface area contributed by atoms with Crippen LogP contribution < -0.4 is 20.1 Å². The Hall–Kier alpha value is -3.55. The number of amides is 3. The molecule has 31 heavy (non-hydrogen) atoms. The zero-order valence-corrected chi connectivity index (χ0v) is 17.3. The summed E-state index contributed by atoms with van der Waals surface area (Å²) in [6.45, 7) is 2.63. The van der Waals surface area contributed by atoms with E-state index in [0.29, 0.717) is 48.8 Å². The van der Waals surface area contributed by atoms with E-state index in [2.05, 4.69) is 10.6 Å². The minimum absolute atomic E-state index is 0.0643. The van der Waals surface area contributed by atoms with Gasteiger partial charge in [0.1, 0.15) is 6.61 Å². The first-order valence-electron chi connectivity index (χ1n) is 10.4. The molecule has 8 nitrogen and oxygen atoms in total. The normalized spacial score (nSPS) is 18.2. The van der Waals surface area contributed by atoms with Crippen LogP contribution in [-0.2, 0) is 14.4 Å². The number of fused-ring (bicyclic) bond motifs is 1. The molecule has 0 bridgehead atoms. The third-order valence-electron chi connectivity index (χ3n) is 5.43. The van der Waals surface area contributed by atoms with Gasteiger partial charge in [0, 0.05) is 37.3 Å². The number of carbonyl (C=O) groups excluding carboxylic acids is 3. The number of ether oxygens (including phenoxy) is 2. The minimum Gasteiger partial charge on any atom is -0.485 e. The van der Waals surface area contributed by atoms with Crippen LogP contribution in [0, 0.1) is 5.92 Å². The molecule has 0 spiro atoms. The molecule has 2 aliphatic heterocycles. The highest BCUT2D eigenvalue weighted by Gasteiger charge is 2.34. The summed E-state index contributed by atoms with van der Waals surface area (Å²) in [5, 5.41) is 5.60. The van der Waals surface area contributed by atoms with E-state index in [9.17, 15) is 14.4 Å². The topological polar surface area (TPSA) is 97.0 Å². The van der Waals surface area contributed by atoms with Gasteiger partial charge >= 0.3 is 0 Å². The SMILES string of the molecule is CC(=O)Nc1ccc(NC(=O)C2CCN(C(=O)[C@@H]3COc4ccccc4O3)CC2)cc1. The number of carbonyl (C=O) groups is 3. The van der Waals surface area contributed by atoms with E-state index < -0.39 is 6.10 Å². The van der Waals surface area contributed by atoms with Crippen molar-refractivity contribution in [3.8, 4) is 11.5 Å². The van der Waals surface area contributed by atoms with Crippen molar-refractivity contribution in [3.63, 3.8) is 0 Å². The van der Waals surface area contributed by atoms with Gasteiger partial charge < -0.3 is 25.0 Å². The van der Waals surface area contributed by atoms with Gasteiger partial charge in [-0.1, -0.05) is 12.1 Å². The van der Waals surface area contributed by atoms with Gasteiger partial charge in [-0.2, -0.15) is 0 Å². The van der Waals surface area contributed by atoms with E-state index in [4.69, 9.17) is 9.47 Å². The van der Waals surface area contributed by atoms with Crippen LogP contribution in [-0.4, -0.2) is 48.4 Å². The van der Waals surface area contributed by atoms with Gasteiger partial charge in [0.2, 0.25) is 17.9 Å². The van der Waals surface area contributed by atoms with Crippen molar-refractivity contribution >= 4 is 29.1 Å². The molecule has 2 N–H and O–H groups in total. The summed E-state index contributed by atoms with van der Waals surface area (Å²) in [7, 11) is 0. The van der Waals surface area contributed by atoms with Crippen LogP contribution in [0.1, 0.15) is 19.8 Å². The average molecular weight is 423 g/mol. The summed E-state index contributed by atoms with van der Waals surface area (Å²) >= 11 is 0. The maximum absolute atomic E-state index is 12.8. The van der Waals surface area contributed by atoms with Gasteiger partial charge in [0.25, 0.3) is 5.91 Å². The van der Waals surface area contributed by atoms with Crippen molar-refractivity contribution in [2.45, 2.75) is 25.9 Å². The van der Waals surface area contributed by atoms with Crippen molar-refractivity contribution in [1.29, 1.82) is 0 Å². The molecule has 2 aromatic rings. The van der Waals surface area contributed by atoms with Crippen molar-refractivity contribution in [3.05, 3.63) is 48.5 Å². The number of para-hydroxylation sites is 2. The first-order chi connectivity index (χ1) is 15.0. The Labute approximate surface area is 180 Å². The van der Waals surface area contributed by atoms with Crippen molar-refractivity contribution in [2.75, 3.05) is 30.3 Å². The highest BCUT2D eigenvalue weighted by Crippen LogP contribution is 2.31. The lowest BCUT2D eigenvalue weighted by atomic mass is 9.95. The molecule has 0 saturated carbocycles. The van der Waals surface area contributed by atoms with Crippen molar-refractivity contribution < 1.29 is 23.9 Å². The fraction of sp³-hybridized carbons (Fsp3) is 0.348. The molecule has 2 aromatic carbocycles. The van der Waals surface area contributed by atoms with Crippen LogP contribution in [0.3, 0.4) is 0 Å². The third kappa shape index (κ3) is 4.96. The summed E-state index contributed by atoms with van der Waals surface area (Å²) in [6.07, 6.45) is 0.514. The van der Waals surface area contributed by atoms with Crippen molar-refractivity contribution in [1.82, 2.24) is 4.90 Å². The molecule has 8 heteroatoms. The number of nitrogens with zero attached hydrogens (tertiary/aromatic N) is 1. The maximum atomic E-state index is 12.8. The van der Waals surface area contributed by atoms with E-state index in [1.54, 1.807) is 35.2 Å². The standard InChI is InChI=1S/C23H25N3O5/c1-15(27)24-17-6-8-18(9-7-17)25-22(28)16-10-12-26(13-11-16)23(29)21-14-30-19-4-2-3-5-20(19)31-21/h2-9,16,21H,10-14H2,1H3,(H,24,27)(H,25,28)/t21-/m0/s1. The van der Waals surface area contributed by atoms with Crippen LogP contribution in [0.4, 0.5) is 11.4 Å². The number of piperidine rings is 1. The fourth-order valence-corrected chi connectivity index (χ4v) is 3.79. The van der Waals surface area contributed by atoms with E-state index in [1.807, 2.05) is 18.2 Å². The highest BCUT2D eigenvalue weighted by atomic mass is 16.6. The molecular weight excluding hydrogens is 398 g/mol. The molecule has 162 valence electrons. The molecule has 1 fully saturated rings. The van der Waals surface area contributed by atoms with Crippen LogP contribution in [0.5, 0.6) is 11.5 Å². The van der Waals surface area contributed by atoms with E-state index >= 15 is 0 Å². The molecule has 2 heterocycles. The van der Waals surface area contributed by atoms with E-state index in [1.165, 1.54) is 6.92 Å². The number of likely N-dealkylation sites (tertiary alicyclic amines) is 1. The Balaban J connectivity index is 1.27. The smallest absolute Gasteiger partial charge is 0.267 e. The Morgan fingerprint density at radius 2 is 1.52 bits per heavy atom. The van der Waals surface area contributed by atoms with Gasteiger partial charge in [0.05, 0.1) is 0 Å². The van der Waals surface area contributed by atoms with Crippen LogP contribution in [0.25, 0.3) is 0 Å². The molecule has 0 radical (unpaired) electrons. The minimum atomic E-state index is -0.664. The van der Waals surface area contributed by atoms with Gasteiger partial charge in [-0.05, 0) is 49.2 Å². The summed E-state index contributed by atoms with van der Waals surface area (Å²) in [4.78, 5) is 38.3. The van der Waals surface area contributed by atoms with Crippen molar-refractivity contribution in [2.24, 2.45) is 5.92 Å². The number of rotatable bonds is 4. The molecular formula is C23H25N3O5.